The Morgan fingerprint density at radius 2 is 1.94 bits per heavy atom. The van der Waals surface area contributed by atoms with Crippen molar-refractivity contribution in [1.82, 2.24) is 5.32 Å². The van der Waals surface area contributed by atoms with E-state index >= 15 is 0 Å². The van der Waals surface area contributed by atoms with Crippen LogP contribution in [0.2, 0.25) is 0 Å². The normalized spacial score (nSPS) is 33.9. The summed E-state index contributed by atoms with van der Waals surface area (Å²) < 4.78 is 5.74. The molecule has 4 atom stereocenters. The minimum absolute atomic E-state index is 0.226. The first-order chi connectivity index (χ1) is 7.68. The number of hydrogen-bond donors (Lipinski definition) is 2. The first kappa shape index (κ1) is 11.4. The topological polar surface area (TPSA) is 47.3 Å². The Morgan fingerprint density at radius 3 is 2.50 bits per heavy atom. The van der Waals surface area contributed by atoms with E-state index in [0.29, 0.717) is 24.6 Å². The lowest BCUT2D eigenvalue weighted by Crippen LogP contribution is -2.35. The fourth-order valence-corrected chi connectivity index (χ4v) is 2.23. The molecule has 0 spiro atoms. The van der Waals surface area contributed by atoms with Crippen molar-refractivity contribution in [1.29, 1.82) is 0 Å². The second-order valence-corrected chi connectivity index (χ2v) is 4.62. The van der Waals surface area contributed by atoms with E-state index < -0.39 is 0 Å². The Morgan fingerprint density at radius 1 is 1.25 bits per heavy atom. The fourth-order valence-electron chi connectivity index (χ4n) is 2.23. The van der Waals surface area contributed by atoms with Crippen LogP contribution in [0.5, 0.6) is 5.75 Å². The van der Waals surface area contributed by atoms with Gasteiger partial charge in [-0.15, -0.1) is 0 Å². The summed E-state index contributed by atoms with van der Waals surface area (Å²) in [6.07, 6.45) is 0. The smallest absolute Gasteiger partial charge is 0.119 e. The van der Waals surface area contributed by atoms with Crippen molar-refractivity contribution in [3.63, 3.8) is 0 Å². The number of ether oxygens (including phenoxy) is 1. The summed E-state index contributed by atoms with van der Waals surface area (Å²) in [5.74, 6) is 1.38. The van der Waals surface area contributed by atoms with Gasteiger partial charge in [0, 0.05) is 18.1 Å². The van der Waals surface area contributed by atoms with Crippen LogP contribution in [0.1, 0.15) is 13.8 Å². The molecule has 0 radical (unpaired) electrons. The average Bonchev–Trinajstić information content (AvgIpc) is 2.56. The van der Waals surface area contributed by atoms with Gasteiger partial charge in [0.15, 0.2) is 0 Å². The molecule has 2 rings (SSSR count). The van der Waals surface area contributed by atoms with Gasteiger partial charge in [-0.05, 0) is 25.0 Å². The molecule has 1 aromatic rings. The van der Waals surface area contributed by atoms with Crippen LogP contribution in [-0.2, 0) is 0 Å². The maximum absolute atomic E-state index is 6.06. The summed E-state index contributed by atoms with van der Waals surface area (Å²) in [6, 6.07) is 10.9. The van der Waals surface area contributed by atoms with Gasteiger partial charge < -0.3 is 15.8 Å². The van der Waals surface area contributed by atoms with Crippen molar-refractivity contribution < 1.29 is 4.74 Å². The highest BCUT2D eigenvalue weighted by Gasteiger charge is 2.35. The number of rotatable bonds is 3. The molecule has 1 aliphatic rings. The molecule has 3 N–H and O–H groups in total. The van der Waals surface area contributed by atoms with Gasteiger partial charge in [0.25, 0.3) is 0 Å². The zero-order chi connectivity index (χ0) is 11.5. The van der Waals surface area contributed by atoms with E-state index in [2.05, 4.69) is 19.2 Å². The Labute approximate surface area is 97.0 Å². The summed E-state index contributed by atoms with van der Waals surface area (Å²) >= 11 is 0. The molecule has 0 saturated carbocycles. The number of benzene rings is 1. The molecule has 88 valence electrons. The van der Waals surface area contributed by atoms with Crippen molar-refractivity contribution >= 4 is 0 Å². The van der Waals surface area contributed by atoms with Crippen molar-refractivity contribution in [3.05, 3.63) is 30.3 Å². The fraction of sp³-hybridized carbons (Fsp3) is 0.538. The molecule has 0 bridgehead atoms. The summed E-state index contributed by atoms with van der Waals surface area (Å²) in [4.78, 5) is 0. The van der Waals surface area contributed by atoms with Crippen molar-refractivity contribution in [3.8, 4) is 5.75 Å². The second kappa shape index (κ2) is 4.85. The molecule has 4 unspecified atom stereocenters. The summed E-state index contributed by atoms with van der Waals surface area (Å²) in [7, 11) is 0. The van der Waals surface area contributed by atoms with Crippen LogP contribution in [0, 0.1) is 5.92 Å². The molecular weight excluding hydrogens is 200 g/mol. The quantitative estimate of drug-likeness (QED) is 0.809. The second-order valence-electron chi connectivity index (χ2n) is 4.62. The van der Waals surface area contributed by atoms with Gasteiger partial charge in [0.05, 0.1) is 0 Å². The SMILES string of the molecule is CC1NC(COc2ccccc2)C(C)C1N. The number of para-hydroxylation sites is 1. The third-order valence-corrected chi connectivity index (χ3v) is 3.47. The Hall–Kier alpha value is -1.06. The third kappa shape index (κ3) is 2.36. The van der Waals surface area contributed by atoms with E-state index in [1.807, 2.05) is 30.3 Å². The number of nitrogens with two attached hydrogens (primary N) is 1. The number of hydrogen-bond acceptors (Lipinski definition) is 3. The predicted octanol–water partition coefficient (Wildman–Crippen LogP) is 1.39. The van der Waals surface area contributed by atoms with Crippen LogP contribution >= 0.6 is 0 Å². The summed E-state index contributed by atoms with van der Waals surface area (Å²) in [6.45, 7) is 4.99. The highest BCUT2D eigenvalue weighted by molar-refractivity contribution is 5.21. The maximum Gasteiger partial charge on any atom is 0.119 e. The van der Waals surface area contributed by atoms with E-state index in [0.717, 1.165) is 5.75 Å². The van der Waals surface area contributed by atoms with Crippen LogP contribution in [0.25, 0.3) is 0 Å². The summed E-state index contributed by atoms with van der Waals surface area (Å²) in [5, 5.41) is 3.47. The first-order valence-electron chi connectivity index (χ1n) is 5.88. The molecule has 0 aromatic heterocycles. The lowest BCUT2D eigenvalue weighted by atomic mass is 9.97. The lowest BCUT2D eigenvalue weighted by Gasteiger charge is -2.17. The van der Waals surface area contributed by atoms with Crippen molar-refractivity contribution in [2.45, 2.75) is 32.0 Å². The molecule has 1 aliphatic heterocycles. The molecule has 0 aliphatic carbocycles. The zero-order valence-electron chi connectivity index (χ0n) is 9.89. The van der Waals surface area contributed by atoms with Gasteiger partial charge in [-0.1, -0.05) is 25.1 Å². The molecular formula is C13H20N2O. The molecule has 3 heteroatoms. The number of nitrogens with one attached hydrogen (secondary N) is 1. The molecule has 1 fully saturated rings. The Balaban J connectivity index is 1.87. The highest BCUT2D eigenvalue weighted by atomic mass is 16.5. The van der Waals surface area contributed by atoms with Crippen LogP contribution in [0.15, 0.2) is 30.3 Å². The average molecular weight is 220 g/mol. The van der Waals surface area contributed by atoms with E-state index in [4.69, 9.17) is 10.5 Å². The monoisotopic (exact) mass is 220 g/mol. The van der Waals surface area contributed by atoms with Gasteiger partial charge in [-0.25, -0.2) is 0 Å². The predicted molar refractivity (Wildman–Crippen MR) is 65.5 cm³/mol. The van der Waals surface area contributed by atoms with Gasteiger partial charge in [-0.3, -0.25) is 0 Å². The van der Waals surface area contributed by atoms with Crippen LogP contribution in [0.4, 0.5) is 0 Å². The van der Waals surface area contributed by atoms with Crippen molar-refractivity contribution in [2.75, 3.05) is 6.61 Å². The molecule has 3 nitrogen and oxygen atoms in total. The lowest BCUT2D eigenvalue weighted by molar-refractivity contribution is 0.249. The minimum atomic E-state index is 0.226. The minimum Gasteiger partial charge on any atom is -0.492 e. The maximum atomic E-state index is 6.06. The molecule has 1 saturated heterocycles. The summed E-state index contributed by atoms with van der Waals surface area (Å²) in [5.41, 5.74) is 6.06. The van der Waals surface area contributed by atoms with E-state index in [-0.39, 0.29) is 6.04 Å². The Kier molecular flexibility index (Phi) is 3.46. The van der Waals surface area contributed by atoms with Gasteiger partial charge in [0.1, 0.15) is 12.4 Å². The van der Waals surface area contributed by atoms with E-state index in [9.17, 15) is 0 Å². The molecule has 1 heterocycles. The standard InChI is InChI=1S/C13H20N2O/c1-9-12(15-10(2)13(9)14)8-16-11-6-4-3-5-7-11/h3-7,9-10,12-13,15H,8,14H2,1-2H3. The van der Waals surface area contributed by atoms with Gasteiger partial charge in [-0.2, -0.15) is 0 Å². The van der Waals surface area contributed by atoms with Gasteiger partial charge >= 0.3 is 0 Å². The van der Waals surface area contributed by atoms with Gasteiger partial charge in [0.2, 0.25) is 0 Å². The Bertz CT molecular complexity index is 328. The van der Waals surface area contributed by atoms with Crippen LogP contribution in [0.3, 0.4) is 0 Å². The largest absolute Gasteiger partial charge is 0.492 e. The first-order valence-corrected chi connectivity index (χ1v) is 5.88. The van der Waals surface area contributed by atoms with Crippen LogP contribution < -0.4 is 15.8 Å². The molecule has 0 amide bonds. The molecule has 16 heavy (non-hydrogen) atoms. The van der Waals surface area contributed by atoms with E-state index in [1.165, 1.54) is 0 Å². The molecule has 1 aromatic carbocycles. The van der Waals surface area contributed by atoms with Crippen LogP contribution in [-0.4, -0.2) is 24.7 Å². The highest BCUT2D eigenvalue weighted by Crippen LogP contribution is 2.20. The van der Waals surface area contributed by atoms with E-state index in [1.54, 1.807) is 0 Å². The zero-order valence-corrected chi connectivity index (χ0v) is 9.89. The third-order valence-electron chi connectivity index (χ3n) is 3.47. The van der Waals surface area contributed by atoms with Crippen molar-refractivity contribution in [2.24, 2.45) is 11.7 Å².